The van der Waals surface area contributed by atoms with Crippen molar-refractivity contribution in [1.29, 1.82) is 0 Å². The van der Waals surface area contributed by atoms with E-state index in [1.165, 1.54) is 66.8 Å². The summed E-state index contributed by atoms with van der Waals surface area (Å²) in [5.41, 5.74) is 16.6. The molecule has 2 atom stereocenters. The summed E-state index contributed by atoms with van der Waals surface area (Å²) in [6.45, 7) is 0. The van der Waals surface area contributed by atoms with Gasteiger partial charge in [0.25, 0.3) is 0 Å². The van der Waals surface area contributed by atoms with Crippen LogP contribution in [0.2, 0.25) is 0 Å². The van der Waals surface area contributed by atoms with Crippen LogP contribution in [0.3, 0.4) is 0 Å². The molecule has 6 aromatic carbocycles. The van der Waals surface area contributed by atoms with Gasteiger partial charge < -0.3 is 0 Å². The van der Waals surface area contributed by atoms with Gasteiger partial charge in [-0.25, -0.2) is 0 Å². The second-order valence-electron chi connectivity index (χ2n) is 11.4. The van der Waals surface area contributed by atoms with Crippen LogP contribution in [0, 0.1) is 0 Å². The molecule has 2 aliphatic rings. The molecular formula is C42H30Zr. The number of hydrogen-bond donors (Lipinski definition) is 0. The number of allylic oxidation sites excluding steroid dienone is 2. The van der Waals surface area contributed by atoms with Gasteiger partial charge in [-0.2, -0.15) is 0 Å². The van der Waals surface area contributed by atoms with Gasteiger partial charge in [-0.3, -0.25) is 0 Å². The summed E-state index contributed by atoms with van der Waals surface area (Å²) in [6.07, 6.45) is 4.94. The fourth-order valence-electron chi connectivity index (χ4n) is 6.64. The molecule has 0 aliphatic heterocycles. The third-order valence-corrected chi connectivity index (χ3v) is 13.5. The van der Waals surface area contributed by atoms with E-state index in [0.29, 0.717) is 7.25 Å². The first-order valence-corrected chi connectivity index (χ1v) is 17.8. The quantitative estimate of drug-likeness (QED) is 0.173. The second kappa shape index (κ2) is 11.4. The van der Waals surface area contributed by atoms with E-state index in [9.17, 15) is 0 Å². The molecule has 0 radical (unpaired) electrons. The van der Waals surface area contributed by atoms with Crippen molar-refractivity contribution in [3.63, 3.8) is 0 Å². The average Bonchev–Trinajstić information content (AvgIpc) is 3.64. The van der Waals surface area contributed by atoms with Crippen LogP contribution in [0.4, 0.5) is 0 Å². The molecule has 1 heteroatoms. The first kappa shape index (κ1) is 26.3. The van der Waals surface area contributed by atoms with Gasteiger partial charge >= 0.3 is 267 Å². The number of benzene rings is 6. The predicted molar refractivity (Wildman–Crippen MR) is 178 cm³/mol. The molecule has 202 valence electrons. The van der Waals surface area contributed by atoms with Crippen LogP contribution in [-0.2, 0) is 23.2 Å². The van der Waals surface area contributed by atoms with Crippen molar-refractivity contribution in [1.82, 2.24) is 0 Å². The molecule has 2 aliphatic carbocycles. The molecular weight excluding hydrogens is 596 g/mol. The normalized spacial score (nSPS) is 16.7. The molecule has 0 N–H and O–H groups in total. The summed E-state index contributed by atoms with van der Waals surface area (Å²) in [6, 6.07) is 58.1. The van der Waals surface area contributed by atoms with Crippen LogP contribution in [0.25, 0.3) is 45.6 Å². The predicted octanol–water partition coefficient (Wildman–Crippen LogP) is 11.0. The summed E-state index contributed by atoms with van der Waals surface area (Å²) in [7, 11) is 0. The molecule has 0 nitrogen and oxygen atoms in total. The van der Waals surface area contributed by atoms with E-state index in [-0.39, 0.29) is 0 Å². The van der Waals surface area contributed by atoms with Crippen LogP contribution in [0.1, 0.15) is 40.6 Å². The van der Waals surface area contributed by atoms with E-state index >= 15 is 0 Å². The molecule has 0 saturated heterocycles. The van der Waals surface area contributed by atoms with E-state index in [1.54, 1.807) is 0 Å². The van der Waals surface area contributed by atoms with Crippen LogP contribution >= 0.6 is 0 Å². The summed E-state index contributed by atoms with van der Waals surface area (Å²) in [5.74, 6) is 0. The Hall–Kier alpha value is -4.32. The summed E-state index contributed by atoms with van der Waals surface area (Å²) in [5, 5.41) is 0. The Bertz CT molecular complexity index is 1820. The van der Waals surface area contributed by atoms with Crippen molar-refractivity contribution < 1.29 is 23.2 Å². The maximum absolute atomic E-state index is 2.47. The van der Waals surface area contributed by atoms with E-state index in [1.807, 2.05) is 0 Å². The van der Waals surface area contributed by atoms with Gasteiger partial charge in [0.1, 0.15) is 0 Å². The monoisotopic (exact) mass is 624 g/mol. The van der Waals surface area contributed by atoms with E-state index in [0.717, 1.165) is 0 Å². The van der Waals surface area contributed by atoms with E-state index < -0.39 is 23.2 Å². The SMILES string of the molecule is C1=C(c2ccc(-c3ccccc3)cc2)[CH]([Zr][CH]2C(c3ccc(-c4ccccc4)cc3)=Cc3ccccc32)c2ccccc21. The molecule has 0 spiro atoms. The zero-order valence-electron chi connectivity index (χ0n) is 23.8. The molecule has 0 saturated carbocycles. The molecule has 0 bridgehead atoms. The van der Waals surface area contributed by atoms with Gasteiger partial charge in [-0.15, -0.1) is 0 Å². The zero-order chi connectivity index (χ0) is 28.6. The van der Waals surface area contributed by atoms with E-state index in [2.05, 4.69) is 170 Å². The first-order chi connectivity index (χ1) is 21.3. The second-order valence-corrected chi connectivity index (χ2v) is 15.0. The number of hydrogen-bond acceptors (Lipinski definition) is 0. The van der Waals surface area contributed by atoms with Gasteiger partial charge in [0.05, 0.1) is 0 Å². The molecule has 0 amide bonds. The zero-order valence-corrected chi connectivity index (χ0v) is 26.3. The summed E-state index contributed by atoms with van der Waals surface area (Å²) >= 11 is -1.08. The van der Waals surface area contributed by atoms with Crippen molar-refractivity contribution >= 4 is 23.3 Å². The minimum absolute atomic E-state index is 0.491. The van der Waals surface area contributed by atoms with Crippen molar-refractivity contribution in [3.05, 3.63) is 191 Å². The van der Waals surface area contributed by atoms with Gasteiger partial charge in [-0.1, -0.05) is 0 Å². The Labute approximate surface area is 265 Å². The Kier molecular flexibility index (Phi) is 6.98. The Morgan fingerprint density at radius 1 is 0.302 bits per heavy atom. The Morgan fingerprint density at radius 3 is 1.05 bits per heavy atom. The fourth-order valence-corrected chi connectivity index (χ4v) is 11.8. The van der Waals surface area contributed by atoms with E-state index in [4.69, 9.17) is 0 Å². The molecule has 2 unspecified atom stereocenters. The summed E-state index contributed by atoms with van der Waals surface area (Å²) < 4.78 is 0.982. The fraction of sp³-hybridized carbons (Fsp3) is 0.0476. The molecule has 6 aromatic rings. The Balaban J connectivity index is 1.15. The standard InChI is InChI=1S/2C21H15.Zr/c2*1-2-6-16(7-3-1)17-10-12-18(13-11-17)21-14-19-8-4-5-9-20(19)15-21;/h2*1-15H;. The average molecular weight is 626 g/mol. The van der Waals surface area contributed by atoms with Crippen LogP contribution < -0.4 is 0 Å². The third kappa shape index (κ3) is 5.03. The number of fused-ring (bicyclic) bond motifs is 2. The van der Waals surface area contributed by atoms with Crippen LogP contribution in [0.5, 0.6) is 0 Å². The summed E-state index contributed by atoms with van der Waals surface area (Å²) in [4.78, 5) is 0. The molecule has 43 heavy (non-hydrogen) atoms. The van der Waals surface area contributed by atoms with Gasteiger partial charge in [0, 0.05) is 0 Å². The van der Waals surface area contributed by atoms with Gasteiger partial charge in [0.15, 0.2) is 0 Å². The van der Waals surface area contributed by atoms with Crippen molar-refractivity contribution in [2.45, 2.75) is 7.25 Å². The van der Waals surface area contributed by atoms with Crippen molar-refractivity contribution in [2.75, 3.05) is 0 Å². The minimum atomic E-state index is -1.08. The third-order valence-electron chi connectivity index (χ3n) is 8.84. The topological polar surface area (TPSA) is 0 Å². The first-order valence-electron chi connectivity index (χ1n) is 15.0. The molecule has 0 heterocycles. The van der Waals surface area contributed by atoms with Gasteiger partial charge in [0.2, 0.25) is 0 Å². The van der Waals surface area contributed by atoms with Crippen molar-refractivity contribution in [3.8, 4) is 22.3 Å². The molecule has 8 rings (SSSR count). The Morgan fingerprint density at radius 2 is 0.628 bits per heavy atom. The van der Waals surface area contributed by atoms with Crippen LogP contribution in [-0.4, -0.2) is 0 Å². The molecule has 0 aromatic heterocycles. The number of rotatable bonds is 6. The molecule has 0 fully saturated rings. The maximum atomic E-state index is 2.47. The van der Waals surface area contributed by atoms with Crippen LogP contribution in [0.15, 0.2) is 158 Å². The van der Waals surface area contributed by atoms with Gasteiger partial charge in [-0.05, 0) is 0 Å². The van der Waals surface area contributed by atoms with Crippen molar-refractivity contribution in [2.24, 2.45) is 0 Å².